The highest BCUT2D eigenvalue weighted by molar-refractivity contribution is 7.89. The minimum atomic E-state index is -4.16. The average Bonchev–Trinajstić information content (AvgIpc) is 2.49. The molecule has 1 aliphatic heterocycles. The molecule has 1 aromatic rings. The van der Waals surface area contributed by atoms with E-state index < -0.39 is 38.7 Å². The molecule has 1 saturated heterocycles. The molecule has 1 N–H and O–H groups in total. The predicted octanol–water partition coefficient (Wildman–Crippen LogP) is 2.28. The van der Waals surface area contributed by atoms with E-state index in [1.165, 1.54) is 6.07 Å². The maximum absolute atomic E-state index is 13.8. The minimum Gasteiger partial charge on any atom is -0.391 e. The van der Waals surface area contributed by atoms with Crippen molar-refractivity contribution in [2.75, 3.05) is 6.54 Å². The first-order valence-corrected chi connectivity index (χ1v) is 8.47. The Balaban J connectivity index is 2.43. The van der Waals surface area contributed by atoms with E-state index in [4.69, 9.17) is 0 Å². The van der Waals surface area contributed by atoms with Crippen molar-refractivity contribution in [2.45, 2.75) is 49.6 Å². The number of hydrogen-bond donors (Lipinski definition) is 1. The second kappa shape index (κ2) is 6.37. The van der Waals surface area contributed by atoms with Crippen molar-refractivity contribution in [2.24, 2.45) is 0 Å². The van der Waals surface area contributed by atoms with E-state index in [2.05, 4.69) is 0 Å². The maximum Gasteiger partial charge on any atom is 0.246 e. The standard InChI is InChI=1S/C14H19F2NO3S/c1-2-12(18)11-7-3-4-9-17(11)21(19,20)13-8-5-6-10(15)14(13)16/h5-6,8,11-12,18H,2-4,7,9H2,1H3. The third kappa shape index (κ3) is 3.09. The molecule has 2 unspecified atom stereocenters. The van der Waals surface area contributed by atoms with Gasteiger partial charge in [0, 0.05) is 6.54 Å². The fraction of sp³-hybridized carbons (Fsp3) is 0.571. The monoisotopic (exact) mass is 319 g/mol. The normalized spacial score (nSPS) is 22.2. The molecule has 1 aliphatic rings. The van der Waals surface area contributed by atoms with Crippen LogP contribution in [-0.4, -0.2) is 36.5 Å². The van der Waals surface area contributed by atoms with E-state index in [1.807, 2.05) is 0 Å². The summed E-state index contributed by atoms with van der Waals surface area (Å²) in [5.74, 6) is -2.56. The second-order valence-electron chi connectivity index (χ2n) is 5.21. The Hall–Kier alpha value is -1.05. The third-order valence-electron chi connectivity index (χ3n) is 3.86. The van der Waals surface area contributed by atoms with Crippen LogP contribution < -0.4 is 0 Å². The molecule has 0 aliphatic carbocycles. The SMILES string of the molecule is CCC(O)C1CCCCN1S(=O)(=O)c1cccc(F)c1F. The Morgan fingerprint density at radius 3 is 2.76 bits per heavy atom. The van der Waals surface area contributed by atoms with E-state index in [1.54, 1.807) is 6.92 Å². The average molecular weight is 319 g/mol. The zero-order chi connectivity index (χ0) is 15.6. The molecule has 2 atom stereocenters. The van der Waals surface area contributed by atoms with Gasteiger partial charge >= 0.3 is 0 Å². The molecule has 118 valence electrons. The molecular formula is C14H19F2NO3S. The molecule has 21 heavy (non-hydrogen) atoms. The molecule has 2 rings (SSSR count). The lowest BCUT2D eigenvalue weighted by molar-refractivity contribution is 0.0666. The van der Waals surface area contributed by atoms with Crippen LogP contribution in [0.4, 0.5) is 8.78 Å². The summed E-state index contributed by atoms with van der Waals surface area (Å²) in [5.41, 5.74) is 0. The summed E-state index contributed by atoms with van der Waals surface area (Å²) < 4.78 is 53.4. The van der Waals surface area contributed by atoms with Crippen LogP contribution in [0, 0.1) is 11.6 Å². The number of sulfonamides is 1. The van der Waals surface area contributed by atoms with Gasteiger partial charge in [-0.25, -0.2) is 17.2 Å². The van der Waals surface area contributed by atoms with E-state index in [0.717, 1.165) is 22.9 Å². The van der Waals surface area contributed by atoms with Gasteiger partial charge in [0.25, 0.3) is 0 Å². The summed E-state index contributed by atoms with van der Waals surface area (Å²) in [5, 5.41) is 10.0. The summed E-state index contributed by atoms with van der Waals surface area (Å²) in [4.78, 5) is -0.669. The van der Waals surface area contributed by atoms with Crippen molar-refractivity contribution in [3.8, 4) is 0 Å². The highest BCUT2D eigenvalue weighted by atomic mass is 32.2. The fourth-order valence-corrected chi connectivity index (χ4v) is 4.49. The van der Waals surface area contributed by atoms with Gasteiger partial charge in [0.2, 0.25) is 10.0 Å². The molecule has 0 amide bonds. The van der Waals surface area contributed by atoms with Crippen molar-refractivity contribution < 1.29 is 22.3 Å². The number of benzene rings is 1. The Morgan fingerprint density at radius 1 is 1.38 bits per heavy atom. The van der Waals surface area contributed by atoms with Crippen LogP contribution in [0.25, 0.3) is 0 Å². The van der Waals surface area contributed by atoms with Crippen molar-refractivity contribution in [3.63, 3.8) is 0 Å². The van der Waals surface area contributed by atoms with Gasteiger partial charge in [-0.05, 0) is 31.4 Å². The van der Waals surface area contributed by atoms with Crippen LogP contribution in [0.5, 0.6) is 0 Å². The van der Waals surface area contributed by atoms with Gasteiger partial charge in [0.1, 0.15) is 4.90 Å². The van der Waals surface area contributed by atoms with Crippen molar-refractivity contribution in [3.05, 3.63) is 29.8 Å². The van der Waals surface area contributed by atoms with Gasteiger partial charge in [-0.2, -0.15) is 4.31 Å². The molecule has 7 heteroatoms. The lowest BCUT2D eigenvalue weighted by Gasteiger charge is -2.37. The molecule has 0 bridgehead atoms. The Labute approximate surface area is 123 Å². The van der Waals surface area contributed by atoms with Gasteiger partial charge in [-0.1, -0.05) is 19.4 Å². The molecule has 4 nitrogen and oxygen atoms in total. The largest absolute Gasteiger partial charge is 0.391 e. The van der Waals surface area contributed by atoms with E-state index >= 15 is 0 Å². The molecule has 1 fully saturated rings. The Morgan fingerprint density at radius 2 is 2.10 bits per heavy atom. The number of aliphatic hydroxyl groups excluding tert-OH is 1. The van der Waals surface area contributed by atoms with Gasteiger partial charge in [-0.15, -0.1) is 0 Å². The van der Waals surface area contributed by atoms with Crippen molar-refractivity contribution in [1.82, 2.24) is 4.31 Å². The zero-order valence-electron chi connectivity index (χ0n) is 11.8. The number of nitrogens with zero attached hydrogens (tertiary/aromatic N) is 1. The number of halogens is 2. The number of rotatable bonds is 4. The predicted molar refractivity (Wildman–Crippen MR) is 74.2 cm³/mol. The third-order valence-corrected chi connectivity index (χ3v) is 5.81. The van der Waals surface area contributed by atoms with Crippen molar-refractivity contribution in [1.29, 1.82) is 0 Å². The van der Waals surface area contributed by atoms with Crippen LogP contribution >= 0.6 is 0 Å². The highest BCUT2D eigenvalue weighted by Crippen LogP contribution is 2.29. The molecule has 0 spiro atoms. The van der Waals surface area contributed by atoms with Crippen LogP contribution in [0.1, 0.15) is 32.6 Å². The first kappa shape index (κ1) is 16.3. The van der Waals surface area contributed by atoms with Crippen LogP contribution in [0.2, 0.25) is 0 Å². The fourth-order valence-electron chi connectivity index (χ4n) is 2.70. The first-order chi connectivity index (χ1) is 9.89. The lowest BCUT2D eigenvalue weighted by Crippen LogP contribution is -2.49. The number of aliphatic hydroxyl groups is 1. The van der Waals surface area contributed by atoms with Crippen LogP contribution in [0.15, 0.2) is 23.1 Å². The summed E-state index contributed by atoms with van der Waals surface area (Å²) in [6.45, 7) is 1.97. The lowest BCUT2D eigenvalue weighted by atomic mass is 9.98. The molecule has 1 aromatic carbocycles. The molecule has 0 aromatic heterocycles. The van der Waals surface area contributed by atoms with Gasteiger partial charge in [0.15, 0.2) is 11.6 Å². The highest BCUT2D eigenvalue weighted by Gasteiger charge is 2.38. The van der Waals surface area contributed by atoms with E-state index in [-0.39, 0.29) is 6.54 Å². The number of piperidine rings is 1. The van der Waals surface area contributed by atoms with E-state index in [0.29, 0.717) is 19.3 Å². The number of hydrogen-bond acceptors (Lipinski definition) is 3. The van der Waals surface area contributed by atoms with Crippen LogP contribution in [-0.2, 0) is 10.0 Å². The molecule has 1 heterocycles. The summed E-state index contributed by atoms with van der Waals surface area (Å²) in [6, 6.07) is 2.51. The van der Waals surface area contributed by atoms with Gasteiger partial charge in [0.05, 0.1) is 12.1 Å². The first-order valence-electron chi connectivity index (χ1n) is 7.03. The zero-order valence-corrected chi connectivity index (χ0v) is 12.6. The minimum absolute atomic E-state index is 0.208. The Kier molecular flexibility index (Phi) is 4.95. The van der Waals surface area contributed by atoms with Gasteiger partial charge in [-0.3, -0.25) is 0 Å². The quantitative estimate of drug-likeness (QED) is 0.926. The second-order valence-corrected chi connectivity index (χ2v) is 7.07. The summed E-state index contributed by atoms with van der Waals surface area (Å²) in [7, 11) is -4.16. The Bertz CT molecular complexity index is 606. The van der Waals surface area contributed by atoms with Gasteiger partial charge < -0.3 is 5.11 Å². The topological polar surface area (TPSA) is 57.6 Å². The maximum atomic E-state index is 13.8. The smallest absolute Gasteiger partial charge is 0.246 e. The molecule has 0 radical (unpaired) electrons. The van der Waals surface area contributed by atoms with Crippen LogP contribution in [0.3, 0.4) is 0 Å². The van der Waals surface area contributed by atoms with E-state index in [9.17, 15) is 22.3 Å². The van der Waals surface area contributed by atoms with Crippen molar-refractivity contribution >= 4 is 10.0 Å². The summed E-state index contributed by atoms with van der Waals surface area (Å²) >= 11 is 0. The molecule has 0 saturated carbocycles. The summed E-state index contributed by atoms with van der Waals surface area (Å²) in [6.07, 6.45) is 1.56. The molecular weight excluding hydrogens is 300 g/mol.